The van der Waals surface area contributed by atoms with E-state index in [4.69, 9.17) is 9.47 Å². The van der Waals surface area contributed by atoms with Crippen molar-refractivity contribution in [2.45, 2.75) is 13.8 Å². The maximum absolute atomic E-state index is 12.0. The molecule has 0 aliphatic heterocycles. The first-order valence-corrected chi connectivity index (χ1v) is 8.74. The van der Waals surface area contributed by atoms with Crippen molar-refractivity contribution in [3.05, 3.63) is 90.6 Å². The largest absolute Gasteiger partial charge is 0.419 e. The van der Waals surface area contributed by atoms with Gasteiger partial charge in [-0.2, -0.15) is 0 Å². The molecule has 140 valence electrons. The normalized spacial score (nSPS) is 11.9. The van der Waals surface area contributed by atoms with Crippen molar-refractivity contribution < 1.29 is 19.1 Å². The smallest absolute Gasteiger partial charge is 0.338 e. The highest BCUT2D eigenvalue weighted by Gasteiger charge is 2.16. The fraction of sp³-hybridized carbons (Fsp3) is 0.0833. The van der Waals surface area contributed by atoms with Gasteiger partial charge in [0.2, 0.25) is 0 Å². The van der Waals surface area contributed by atoms with Crippen molar-refractivity contribution in [2.75, 3.05) is 0 Å². The monoisotopic (exact) mass is 372 g/mol. The van der Waals surface area contributed by atoms with Gasteiger partial charge < -0.3 is 9.47 Å². The molecule has 1 aliphatic carbocycles. The van der Waals surface area contributed by atoms with E-state index >= 15 is 0 Å². The first kappa shape index (κ1) is 19.1. The Balaban J connectivity index is 1.93. The minimum Gasteiger partial charge on any atom is -0.419 e. The Morgan fingerprint density at radius 3 is 1.75 bits per heavy atom. The summed E-state index contributed by atoms with van der Waals surface area (Å²) < 4.78 is 10.7. The highest BCUT2D eigenvalue weighted by atomic mass is 16.6. The molecule has 0 atom stereocenters. The molecule has 2 aromatic carbocycles. The number of ether oxygens (including phenoxy) is 2. The maximum atomic E-state index is 12.0. The average molecular weight is 372 g/mol. The van der Waals surface area contributed by atoms with Gasteiger partial charge >= 0.3 is 11.9 Å². The zero-order valence-electron chi connectivity index (χ0n) is 15.8. The zero-order chi connectivity index (χ0) is 20.3. The van der Waals surface area contributed by atoms with E-state index in [1.807, 2.05) is 30.3 Å². The number of carbonyl (C=O) groups is 2. The molecule has 0 unspecified atom stereocenters. The van der Waals surface area contributed by atoms with Gasteiger partial charge in [-0.25, -0.2) is 9.59 Å². The summed E-state index contributed by atoms with van der Waals surface area (Å²) in [6.45, 7) is 10.2. The molecule has 0 amide bonds. The number of esters is 2. The number of benzene rings is 2. The molecule has 28 heavy (non-hydrogen) atoms. The van der Waals surface area contributed by atoms with Crippen LogP contribution in [0.15, 0.2) is 85.0 Å². The van der Waals surface area contributed by atoms with E-state index in [1.54, 1.807) is 32.0 Å². The van der Waals surface area contributed by atoms with Crippen molar-refractivity contribution in [3.63, 3.8) is 0 Å². The Bertz CT molecular complexity index is 1040. The molecule has 0 spiro atoms. The molecular formula is C24H20O4. The molecule has 0 bridgehead atoms. The van der Waals surface area contributed by atoms with Crippen LogP contribution in [0.5, 0.6) is 11.5 Å². The van der Waals surface area contributed by atoms with Gasteiger partial charge in [0.25, 0.3) is 0 Å². The molecule has 1 aliphatic rings. The third kappa shape index (κ3) is 4.18. The Kier molecular flexibility index (Phi) is 5.41. The Morgan fingerprint density at radius 2 is 1.25 bits per heavy atom. The molecule has 2 aromatic rings. The summed E-state index contributed by atoms with van der Waals surface area (Å²) in [4.78, 5) is 23.9. The number of hydrogen-bond acceptors (Lipinski definition) is 4. The lowest BCUT2D eigenvalue weighted by molar-refractivity contribution is -0.132. The van der Waals surface area contributed by atoms with Crippen LogP contribution in [0.4, 0.5) is 0 Å². The van der Waals surface area contributed by atoms with Crippen LogP contribution in [0.3, 0.4) is 0 Å². The van der Waals surface area contributed by atoms with Gasteiger partial charge in [-0.05, 0) is 48.2 Å². The lowest BCUT2D eigenvalue weighted by Gasteiger charge is -2.13. The van der Waals surface area contributed by atoms with Gasteiger partial charge in [0.1, 0.15) is 0 Å². The first-order valence-electron chi connectivity index (χ1n) is 8.74. The summed E-state index contributed by atoms with van der Waals surface area (Å²) in [6.07, 6.45) is 6.10. The topological polar surface area (TPSA) is 52.6 Å². The SMILES string of the molecule is C=C(C)C(=O)Oc1ccc(-c2ccc(C3=CC=C3)cc2)cc1OC(=O)C(=C)C. The van der Waals surface area contributed by atoms with Gasteiger partial charge in [0.15, 0.2) is 11.5 Å². The number of rotatable bonds is 6. The van der Waals surface area contributed by atoms with E-state index in [2.05, 4.69) is 25.3 Å². The van der Waals surface area contributed by atoms with Crippen LogP contribution in [-0.2, 0) is 9.59 Å². The minimum atomic E-state index is -0.594. The van der Waals surface area contributed by atoms with Gasteiger partial charge in [-0.3, -0.25) is 0 Å². The zero-order valence-corrected chi connectivity index (χ0v) is 15.8. The van der Waals surface area contributed by atoms with Crippen LogP contribution >= 0.6 is 0 Å². The molecule has 0 saturated carbocycles. The molecular weight excluding hydrogens is 352 g/mol. The summed E-state index contributed by atoms with van der Waals surface area (Å²) in [6, 6.07) is 13.1. The van der Waals surface area contributed by atoms with Gasteiger partial charge in [-0.1, -0.05) is 61.7 Å². The second-order valence-electron chi connectivity index (χ2n) is 6.56. The van der Waals surface area contributed by atoms with E-state index in [9.17, 15) is 9.59 Å². The standard InChI is InChI=1S/C24H20O4/c1-15(2)23(25)27-21-13-12-20(14-22(21)28-24(26)16(3)4)19-10-8-18(9-11-19)17-6-5-7-17/h5-14H,1,3H2,2,4H3. The van der Waals surface area contributed by atoms with E-state index in [0.29, 0.717) is 0 Å². The fourth-order valence-electron chi connectivity index (χ4n) is 2.47. The summed E-state index contributed by atoms with van der Waals surface area (Å²) in [7, 11) is 0. The van der Waals surface area contributed by atoms with Gasteiger partial charge in [0.05, 0.1) is 0 Å². The van der Waals surface area contributed by atoms with Gasteiger partial charge in [-0.15, -0.1) is 0 Å². The lowest BCUT2D eigenvalue weighted by Crippen LogP contribution is -2.12. The van der Waals surface area contributed by atoms with Crippen LogP contribution in [0.2, 0.25) is 0 Å². The molecule has 0 fully saturated rings. The number of carbonyl (C=O) groups excluding carboxylic acids is 2. The molecule has 0 heterocycles. The summed E-state index contributed by atoms with van der Waals surface area (Å²) >= 11 is 0. The molecule has 0 N–H and O–H groups in total. The van der Waals surface area contributed by atoms with Crippen LogP contribution < -0.4 is 9.47 Å². The second kappa shape index (κ2) is 7.92. The van der Waals surface area contributed by atoms with E-state index in [0.717, 1.165) is 16.7 Å². The third-order valence-electron chi connectivity index (χ3n) is 4.15. The number of allylic oxidation sites excluding steroid dienone is 4. The van der Waals surface area contributed by atoms with Crippen molar-refractivity contribution in [1.82, 2.24) is 0 Å². The number of hydrogen-bond donors (Lipinski definition) is 0. The quantitative estimate of drug-likeness (QED) is 0.394. The van der Waals surface area contributed by atoms with E-state index in [1.165, 1.54) is 5.57 Å². The second-order valence-corrected chi connectivity index (χ2v) is 6.56. The Labute approximate surface area is 164 Å². The van der Waals surface area contributed by atoms with E-state index < -0.39 is 11.9 Å². The summed E-state index contributed by atoms with van der Waals surface area (Å²) in [5.41, 5.74) is 4.57. The highest BCUT2D eigenvalue weighted by molar-refractivity contribution is 5.91. The predicted molar refractivity (Wildman–Crippen MR) is 110 cm³/mol. The highest BCUT2D eigenvalue weighted by Crippen LogP contribution is 2.34. The van der Waals surface area contributed by atoms with E-state index in [-0.39, 0.29) is 22.6 Å². The summed E-state index contributed by atoms with van der Waals surface area (Å²) in [5, 5.41) is 0. The predicted octanol–water partition coefficient (Wildman–Crippen LogP) is 5.27. The summed E-state index contributed by atoms with van der Waals surface area (Å²) in [5.74, 6) is -0.892. The van der Waals surface area contributed by atoms with Gasteiger partial charge in [0, 0.05) is 11.1 Å². The Hall–Kier alpha value is -3.66. The van der Waals surface area contributed by atoms with Crippen LogP contribution in [0.1, 0.15) is 19.4 Å². The van der Waals surface area contributed by atoms with Crippen LogP contribution in [0, 0.1) is 0 Å². The lowest BCUT2D eigenvalue weighted by atomic mass is 9.96. The molecule has 4 nitrogen and oxygen atoms in total. The van der Waals surface area contributed by atoms with Crippen LogP contribution in [-0.4, -0.2) is 11.9 Å². The average Bonchev–Trinajstić information content (AvgIpc) is 2.62. The molecule has 3 rings (SSSR count). The molecule has 0 saturated heterocycles. The van der Waals surface area contributed by atoms with Crippen molar-refractivity contribution in [3.8, 4) is 22.6 Å². The van der Waals surface area contributed by atoms with Crippen molar-refractivity contribution in [2.24, 2.45) is 0 Å². The first-order chi connectivity index (χ1) is 13.3. The maximum Gasteiger partial charge on any atom is 0.338 e. The Morgan fingerprint density at radius 1 is 0.750 bits per heavy atom. The van der Waals surface area contributed by atoms with Crippen molar-refractivity contribution in [1.29, 1.82) is 0 Å². The molecule has 4 heteroatoms. The molecule has 0 radical (unpaired) electrons. The minimum absolute atomic E-state index is 0.146. The molecule has 0 aromatic heterocycles. The van der Waals surface area contributed by atoms with Crippen molar-refractivity contribution >= 4 is 17.5 Å². The van der Waals surface area contributed by atoms with Crippen LogP contribution in [0.25, 0.3) is 16.7 Å². The third-order valence-corrected chi connectivity index (χ3v) is 4.15. The fourth-order valence-corrected chi connectivity index (χ4v) is 2.47.